The zero-order chi connectivity index (χ0) is 20.3. The number of carbonyl (C=O) groups is 1. The highest BCUT2D eigenvalue weighted by Crippen LogP contribution is 2.38. The lowest BCUT2D eigenvalue weighted by atomic mass is 9.86. The highest BCUT2D eigenvalue weighted by molar-refractivity contribution is 7.80. The monoisotopic (exact) mass is 405 g/mol. The number of alkyl halides is 3. The van der Waals surface area contributed by atoms with Gasteiger partial charge in [0.1, 0.15) is 5.92 Å². The standard InChI is InChI=1S/C20H18F3N3OS/c1-12-16(18(27)24-11-13-7-3-2-4-8-13)17(26-19(28)25-12)14-9-5-6-10-15(14)20(21,22)23/h2-10,16-17H,1,11H2,(H,24,27)(H2,25,26,28)/t16-,17+/m1/s1. The molecule has 1 aliphatic heterocycles. The summed E-state index contributed by atoms with van der Waals surface area (Å²) in [4.78, 5) is 12.9. The van der Waals surface area contributed by atoms with Crippen molar-refractivity contribution in [2.24, 2.45) is 5.92 Å². The van der Waals surface area contributed by atoms with Crippen LogP contribution in [0.25, 0.3) is 0 Å². The molecule has 0 saturated carbocycles. The third kappa shape index (κ3) is 4.33. The van der Waals surface area contributed by atoms with Crippen LogP contribution in [0.2, 0.25) is 0 Å². The number of hydrogen-bond acceptors (Lipinski definition) is 2. The Labute approximate surface area is 165 Å². The molecule has 2 aromatic carbocycles. The molecule has 28 heavy (non-hydrogen) atoms. The Morgan fingerprint density at radius 1 is 1.11 bits per heavy atom. The number of amides is 1. The van der Waals surface area contributed by atoms with E-state index in [0.717, 1.165) is 11.6 Å². The van der Waals surface area contributed by atoms with Crippen molar-refractivity contribution in [3.63, 3.8) is 0 Å². The number of thiocarbonyl (C=S) groups is 1. The first-order chi connectivity index (χ1) is 13.3. The Bertz CT molecular complexity index is 899. The first-order valence-corrected chi connectivity index (χ1v) is 8.92. The van der Waals surface area contributed by atoms with Gasteiger partial charge in [0.15, 0.2) is 5.11 Å². The van der Waals surface area contributed by atoms with Gasteiger partial charge in [0.2, 0.25) is 5.91 Å². The second-order valence-electron chi connectivity index (χ2n) is 6.37. The van der Waals surface area contributed by atoms with Gasteiger partial charge in [-0.15, -0.1) is 0 Å². The largest absolute Gasteiger partial charge is 0.416 e. The molecule has 1 fully saturated rings. The topological polar surface area (TPSA) is 53.2 Å². The van der Waals surface area contributed by atoms with E-state index in [1.54, 1.807) is 0 Å². The smallest absolute Gasteiger partial charge is 0.354 e. The third-order valence-corrected chi connectivity index (χ3v) is 4.68. The van der Waals surface area contributed by atoms with Gasteiger partial charge in [-0.25, -0.2) is 0 Å². The zero-order valence-corrected chi connectivity index (χ0v) is 15.5. The molecule has 2 aromatic rings. The van der Waals surface area contributed by atoms with Crippen molar-refractivity contribution in [2.75, 3.05) is 0 Å². The third-order valence-electron chi connectivity index (χ3n) is 4.46. The number of benzene rings is 2. The quantitative estimate of drug-likeness (QED) is 0.680. The molecule has 146 valence electrons. The molecule has 1 aliphatic rings. The van der Waals surface area contributed by atoms with Crippen molar-refractivity contribution in [3.05, 3.63) is 83.6 Å². The van der Waals surface area contributed by atoms with E-state index in [1.165, 1.54) is 18.2 Å². The average molecular weight is 405 g/mol. The van der Waals surface area contributed by atoms with Crippen LogP contribution < -0.4 is 16.0 Å². The van der Waals surface area contributed by atoms with Gasteiger partial charge in [-0.3, -0.25) is 4.79 Å². The fourth-order valence-electron chi connectivity index (χ4n) is 3.17. The Hall–Kier alpha value is -2.87. The van der Waals surface area contributed by atoms with Crippen LogP contribution in [0.3, 0.4) is 0 Å². The van der Waals surface area contributed by atoms with Crippen LogP contribution in [-0.4, -0.2) is 11.0 Å². The van der Waals surface area contributed by atoms with Crippen LogP contribution in [0.15, 0.2) is 66.9 Å². The predicted octanol–water partition coefficient (Wildman–Crippen LogP) is 3.67. The molecule has 0 unspecified atom stereocenters. The molecule has 1 heterocycles. The Morgan fingerprint density at radius 3 is 2.43 bits per heavy atom. The molecule has 1 saturated heterocycles. The first-order valence-electron chi connectivity index (χ1n) is 8.51. The van der Waals surface area contributed by atoms with E-state index in [9.17, 15) is 18.0 Å². The summed E-state index contributed by atoms with van der Waals surface area (Å²) in [5, 5.41) is 8.45. The summed E-state index contributed by atoms with van der Waals surface area (Å²) in [5.74, 6) is -1.42. The van der Waals surface area contributed by atoms with Crippen molar-refractivity contribution in [1.29, 1.82) is 0 Å². The number of halogens is 3. The highest BCUT2D eigenvalue weighted by atomic mass is 32.1. The molecule has 0 spiro atoms. The summed E-state index contributed by atoms with van der Waals surface area (Å²) in [6.45, 7) is 4.06. The minimum Gasteiger partial charge on any atom is -0.354 e. The van der Waals surface area contributed by atoms with Crippen LogP contribution in [0.5, 0.6) is 0 Å². The highest BCUT2D eigenvalue weighted by Gasteiger charge is 2.42. The lowest BCUT2D eigenvalue weighted by Crippen LogP contribution is -2.53. The molecule has 4 nitrogen and oxygen atoms in total. The molecule has 0 radical (unpaired) electrons. The van der Waals surface area contributed by atoms with E-state index in [1.807, 2.05) is 30.3 Å². The molecule has 8 heteroatoms. The van der Waals surface area contributed by atoms with Crippen LogP contribution in [0.1, 0.15) is 22.7 Å². The van der Waals surface area contributed by atoms with Gasteiger partial charge >= 0.3 is 6.18 Å². The second kappa shape index (κ2) is 8.02. The second-order valence-corrected chi connectivity index (χ2v) is 6.78. The summed E-state index contributed by atoms with van der Waals surface area (Å²) in [6, 6.07) is 13.4. The molecule has 3 rings (SSSR count). The van der Waals surface area contributed by atoms with Crippen LogP contribution in [-0.2, 0) is 17.5 Å². The fourth-order valence-corrected chi connectivity index (χ4v) is 3.43. The predicted molar refractivity (Wildman–Crippen MR) is 104 cm³/mol. The summed E-state index contributed by atoms with van der Waals surface area (Å²) in [7, 11) is 0. The Balaban J connectivity index is 1.91. The van der Waals surface area contributed by atoms with Crippen LogP contribution >= 0.6 is 12.2 Å². The van der Waals surface area contributed by atoms with Gasteiger partial charge in [-0.1, -0.05) is 55.1 Å². The lowest BCUT2D eigenvalue weighted by Gasteiger charge is -2.36. The van der Waals surface area contributed by atoms with E-state index in [4.69, 9.17) is 12.2 Å². The maximum Gasteiger partial charge on any atom is 0.416 e. The lowest BCUT2D eigenvalue weighted by molar-refractivity contribution is -0.139. The van der Waals surface area contributed by atoms with Gasteiger partial charge < -0.3 is 16.0 Å². The van der Waals surface area contributed by atoms with E-state index < -0.39 is 29.6 Å². The van der Waals surface area contributed by atoms with Crippen molar-refractivity contribution in [2.45, 2.75) is 18.8 Å². The van der Waals surface area contributed by atoms with Gasteiger partial charge in [-0.05, 0) is 29.4 Å². The molecule has 0 aromatic heterocycles. The summed E-state index contributed by atoms with van der Waals surface area (Å²) < 4.78 is 40.5. The van der Waals surface area contributed by atoms with Gasteiger partial charge in [0, 0.05) is 12.2 Å². The van der Waals surface area contributed by atoms with Gasteiger partial charge in [-0.2, -0.15) is 13.2 Å². The van der Waals surface area contributed by atoms with Crippen molar-refractivity contribution < 1.29 is 18.0 Å². The Morgan fingerprint density at radius 2 is 1.75 bits per heavy atom. The molecule has 0 aliphatic carbocycles. The molecular formula is C20H18F3N3OS. The zero-order valence-electron chi connectivity index (χ0n) is 14.7. The maximum absolute atomic E-state index is 13.5. The number of rotatable bonds is 4. The van der Waals surface area contributed by atoms with E-state index in [2.05, 4.69) is 22.5 Å². The molecule has 1 amide bonds. The molecule has 2 atom stereocenters. The summed E-state index contributed by atoms with van der Waals surface area (Å²) in [6.07, 6.45) is -4.56. The minimum absolute atomic E-state index is 0.0557. The molecule has 0 bridgehead atoms. The summed E-state index contributed by atoms with van der Waals surface area (Å²) >= 11 is 5.08. The fraction of sp³-hybridized carbons (Fsp3) is 0.200. The van der Waals surface area contributed by atoms with Crippen LogP contribution in [0.4, 0.5) is 13.2 Å². The Kier molecular flexibility index (Phi) is 5.69. The molecule has 3 N–H and O–H groups in total. The number of hydrogen-bond donors (Lipinski definition) is 3. The van der Waals surface area contributed by atoms with E-state index >= 15 is 0 Å². The van der Waals surface area contributed by atoms with Crippen molar-refractivity contribution in [3.8, 4) is 0 Å². The van der Waals surface area contributed by atoms with Crippen molar-refractivity contribution >= 4 is 23.2 Å². The number of nitrogens with one attached hydrogen (secondary N) is 3. The van der Waals surface area contributed by atoms with Gasteiger partial charge in [0.05, 0.1) is 11.6 Å². The maximum atomic E-state index is 13.5. The number of carbonyl (C=O) groups excluding carboxylic acids is 1. The van der Waals surface area contributed by atoms with Gasteiger partial charge in [0.25, 0.3) is 0 Å². The van der Waals surface area contributed by atoms with Crippen LogP contribution in [0, 0.1) is 5.92 Å². The first kappa shape index (κ1) is 19.9. The average Bonchev–Trinajstić information content (AvgIpc) is 2.65. The summed E-state index contributed by atoms with van der Waals surface area (Å²) in [5.41, 5.74) is 0.253. The minimum atomic E-state index is -4.56. The SMILES string of the molecule is C=C1NC(=S)N[C@@H](c2ccccc2C(F)(F)F)[C@@H]1C(=O)NCc1ccccc1. The van der Waals surface area contributed by atoms with E-state index in [0.29, 0.717) is 0 Å². The molecular weight excluding hydrogens is 387 g/mol. The normalized spacial score (nSPS) is 19.5. The van der Waals surface area contributed by atoms with E-state index in [-0.39, 0.29) is 22.9 Å². The van der Waals surface area contributed by atoms with Crippen molar-refractivity contribution in [1.82, 2.24) is 16.0 Å².